The zero-order valence-corrected chi connectivity index (χ0v) is 14.2. The average Bonchev–Trinajstić information content (AvgIpc) is 2.60. The minimum Gasteiger partial charge on any atom is -0.394 e. The molecule has 7 heteroatoms. The molecule has 24 heavy (non-hydrogen) atoms. The summed E-state index contributed by atoms with van der Waals surface area (Å²) in [6.45, 7) is 1.51. The molecule has 1 amide bonds. The van der Waals surface area contributed by atoms with Crippen LogP contribution in [0.1, 0.15) is 12.5 Å². The van der Waals surface area contributed by atoms with E-state index in [2.05, 4.69) is 5.32 Å². The summed E-state index contributed by atoms with van der Waals surface area (Å²) in [5, 5.41) is 12.4. The Labute approximate surface area is 141 Å². The van der Waals surface area contributed by atoms with E-state index in [1.54, 1.807) is 0 Å². The van der Waals surface area contributed by atoms with Crippen molar-refractivity contribution in [2.24, 2.45) is 0 Å². The van der Waals surface area contributed by atoms with Crippen molar-refractivity contribution in [1.29, 1.82) is 0 Å². The molecule has 1 aliphatic rings. The highest BCUT2D eigenvalue weighted by Gasteiger charge is 2.47. The molecular formula is C17H25NO6. The lowest BCUT2D eigenvalue weighted by molar-refractivity contribution is -0.276. The molecule has 2 rings (SSSR count). The second kappa shape index (κ2) is 9.10. The zero-order chi connectivity index (χ0) is 17.5. The number of ether oxygens (including phenoxy) is 4. The largest absolute Gasteiger partial charge is 0.394 e. The van der Waals surface area contributed by atoms with E-state index in [0.29, 0.717) is 6.61 Å². The number of amides is 1. The molecule has 1 aromatic rings. The first-order valence-electron chi connectivity index (χ1n) is 7.85. The normalized spacial score (nSPS) is 30.1. The van der Waals surface area contributed by atoms with Gasteiger partial charge in [-0.05, 0) is 5.56 Å². The van der Waals surface area contributed by atoms with E-state index < -0.39 is 30.6 Å². The monoisotopic (exact) mass is 339 g/mol. The van der Waals surface area contributed by atoms with Crippen LogP contribution >= 0.6 is 0 Å². The SMILES string of the molecule is CO[C@H]1O[C@@H](CO)[C@@H](OCc2ccccc2)[C@H](OC)[C@@H]1NC(C)=O. The number of benzene rings is 1. The molecule has 134 valence electrons. The first-order chi connectivity index (χ1) is 11.6. The molecule has 1 aromatic carbocycles. The third kappa shape index (κ3) is 4.52. The lowest BCUT2D eigenvalue weighted by Gasteiger charge is -2.45. The van der Waals surface area contributed by atoms with Crippen LogP contribution in [0.2, 0.25) is 0 Å². The third-order valence-electron chi connectivity index (χ3n) is 3.99. The van der Waals surface area contributed by atoms with Crippen molar-refractivity contribution in [3.8, 4) is 0 Å². The van der Waals surface area contributed by atoms with Gasteiger partial charge in [-0.15, -0.1) is 0 Å². The summed E-state index contributed by atoms with van der Waals surface area (Å²) in [5.41, 5.74) is 0.994. The van der Waals surface area contributed by atoms with Gasteiger partial charge in [0, 0.05) is 21.1 Å². The van der Waals surface area contributed by atoms with Crippen LogP contribution in [0.15, 0.2) is 30.3 Å². The van der Waals surface area contributed by atoms with Gasteiger partial charge in [-0.3, -0.25) is 4.79 Å². The third-order valence-corrected chi connectivity index (χ3v) is 3.99. The van der Waals surface area contributed by atoms with Crippen LogP contribution < -0.4 is 5.32 Å². The number of hydrogen-bond acceptors (Lipinski definition) is 6. The van der Waals surface area contributed by atoms with Gasteiger partial charge in [-0.1, -0.05) is 30.3 Å². The number of carbonyl (C=O) groups excluding carboxylic acids is 1. The second-order valence-electron chi connectivity index (χ2n) is 5.65. The Morgan fingerprint density at radius 1 is 1.21 bits per heavy atom. The highest BCUT2D eigenvalue weighted by Crippen LogP contribution is 2.27. The van der Waals surface area contributed by atoms with Gasteiger partial charge in [0.15, 0.2) is 6.29 Å². The Morgan fingerprint density at radius 3 is 2.46 bits per heavy atom. The lowest BCUT2D eigenvalue weighted by atomic mass is 9.96. The summed E-state index contributed by atoms with van der Waals surface area (Å²) in [6.07, 6.45) is -2.42. The van der Waals surface area contributed by atoms with Crippen LogP contribution in [0.25, 0.3) is 0 Å². The number of aliphatic hydroxyl groups is 1. The van der Waals surface area contributed by atoms with Crippen molar-refractivity contribution in [3.63, 3.8) is 0 Å². The molecule has 0 spiro atoms. The topological polar surface area (TPSA) is 86.2 Å². The Balaban J connectivity index is 2.16. The van der Waals surface area contributed by atoms with Crippen molar-refractivity contribution in [2.75, 3.05) is 20.8 Å². The Kier molecular flexibility index (Phi) is 7.14. The van der Waals surface area contributed by atoms with Gasteiger partial charge in [-0.25, -0.2) is 0 Å². The second-order valence-corrected chi connectivity index (χ2v) is 5.65. The standard InChI is InChI=1S/C17H25NO6/c1-11(20)18-14-16(21-2)15(13(9-19)24-17(14)22-3)23-10-12-7-5-4-6-8-12/h4-8,13-17,19H,9-10H2,1-3H3,(H,18,20)/t13-,14-,15+,16+,17-/m0/s1. The van der Waals surface area contributed by atoms with E-state index >= 15 is 0 Å². The van der Waals surface area contributed by atoms with Gasteiger partial charge < -0.3 is 29.4 Å². The molecule has 0 radical (unpaired) electrons. The highest BCUT2D eigenvalue weighted by molar-refractivity contribution is 5.73. The number of carbonyl (C=O) groups is 1. The number of rotatable bonds is 7. The summed E-state index contributed by atoms with van der Waals surface area (Å²) in [5.74, 6) is -0.225. The maximum atomic E-state index is 11.5. The molecule has 7 nitrogen and oxygen atoms in total. The van der Waals surface area contributed by atoms with Crippen LogP contribution in [0.3, 0.4) is 0 Å². The van der Waals surface area contributed by atoms with Crippen molar-refractivity contribution in [2.45, 2.75) is 44.2 Å². The molecule has 1 heterocycles. The van der Waals surface area contributed by atoms with E-state index in [-0.39, 0.29) is 12.5 Å². The van der Waals surface area contributed by atoms with E-state index in [9.17, 15) is 9.90 Å². The minimum atomic E-state index is -0.729. The molecule has 2 N–H and O–H groups in total. The Bertz CT molecular complexity index is 511. The van der Waals surface area contributed by atoms with Gasteiger partial charge in [0.1, 0.15) is 24.4 Å². The molecule has 1 fully saturated rings. The molecular weight excluding hydrogens is 314 g/mol. The Morgan fingerprint density at radius 2 is 1.92 bits per heavy atom. The molecule has 0 aliphatic carbocycles. The van der Waals surface area contributed by atoms with Gasteiger partial charge >= 0.3 is 0 Å². The predicted octanol–water partition coefficient (Wildman–Crippen LogP) is 0.455. The fraction of sp³-hybridized carbons (Fsp3) is 0.588. The highest BCUT2D eigenvalue weighted by atomic mass is 16.7. The summed E-state index contributed by atoms with van der Waals surface area (Å²) >= 11 is 0. The summed E-state index contributed by atoms with van der Waals surface area (Å²) in [4.78, 5) is 11.5. The summed E-state index contributed by atoms with van der Waals surface area (Å²) in [7, 11) is 3.01. The van der Waals surface area contributed by atoms with E-state index in [1.807, 2.05) is 30.3 Å². The molecule has 0 bridgehead atoms. The average molecular weight is 339 g/mol. The predicted molar refractivity (Wildman–Crippen MR) is 86.2 cm³/mol. The summed E-state index contributed by atoms with van der Waals surface area (Å²) < 4.78 is 22.6. The van der Waals surface area contributed by atoms with Gasteiger partial charge in [0.2, 0.25) is 5.91 Å². The lowest BCUT2D eigenvalue weighted by Crippen LogP contribution is -2.65. The fourth-order valence-corrected chi connectivity index (χ4v) is 2.89. The number of aliphatic hydroxyl groups excluding tert-OH is 1. The van der Waals surface area contributed by atoms with Crippen molar-refractivity contribution < 1.29 is 28.8 Å². The minimum absolute atomic E-state index is 0.225. The smallest absolute Gasteiger partial charge is 0.217 e. The number of methoxy groups -OCH3 is 2. The van der Waals surface area contributed by atoms with E-state index in [1.165, 1.54) is 21.1 Å². The van der Waals surface area contributed by atoms with E-state index in [4.69, 9.17) is 18.9 Å². The van der Waals surface area contributed by atoms with Crippen molar-refractivity contribution in [1.82, 2.24) is 5.32 Å². The first-order valence-corrected chi connectivity index (χ1v) is 7.85. The Hall–Kier alpha value is -1.51. The van der Waals surface area contributed by atoms with Gasteiger partial charge in [-0.2, -0.15) is 0 Å². The van der Waals surface area contributed by atoms with E-state index in [0.717, 1.165) is 5.56 Å². The number of nitrogens with one attached hydrogen (secondary N) is 1. The molecule has 0 saturated carbocycles. The van der Waals surface area contributed by atoms with Crippen LogP contribution in [0.5, 0.6) is 0 Å². The maximum absolute atomic E-state index is 11.5. The molecule has 0 unspecified atom stereocenters. The quantitative estimate of drug-likeness (QED) is 0.750. The molecule has 1 aliphatic heterocycles. The molecule has 1 saturated heterocycles. The molecule has 0 aromatic heterocycles. The van der Waals surface area contributed by atoms with Gasteiger partial charge in [0.25, 0.3) is 0 Å². The van der Waals surface area contributed by atoms with Crippen molar-refractivity contribution in [3.05, 3.63) is 35.9 Å². The molecule has 5 atom stereocenters. The van der Waals surface area contributed by atoms with Gasteiger partial charge in [0.05, 0.1) is 13.2 Å². The first kappa shape index (κ1) is 18.8. The van der Waals surface area contributed by atoms with Crippen LogP contribution in [0.4, 0.5) is 0 Å². The number of hydrogen-bond donors (Lipinski definition) is 2. The fourth-order valence-electron chi connectivity index (χ4n) is 2.89. The van der Waals surface area contributed by atoms with Crippen molar-refractivity contribution >= 4 is 5.91 Å². The zero-order valence-electron chi connectivity index (χ0n) is 14.2. The van der Waals surface area contributed by atoms with Crippen LogP contribution in [0, 0.1) is 0 Å². The van der Waals surface area contributed by atoms with Crippen LogP contribution in [-0.4, -0.2) is 62.5 Å². The summed E-state index contributed by atoms with van der Waals surface area (Å²) in [6, 6.07) is 9.13. The maximum Gasteiger partial charge on any atom is 0.217 e. The van der Waals surface area contributed by atoms with Crippen LogP contribution in [-0.2, 0) is 30.3 Å².